The highest BCUT2D eigenvalue weighted by atomic mass is 79.9. The standard InChI is InChI=1S/C21H16Br2O/c22-19(17-9-5-2-6-10-17)20(23)21(24)18-13-11-16(12-14-18)15-7-3-1-4-8-15/h1-14,19-20H. The van der Waals surface area contributed by atoms with Crippen molar-refractivity contribution in [3.8, 4) is 11.1 Å². The number of hydrogen-bond donors (Lipinski definition) is 0. The van der Waals surface area contributed by atoms with E-state index < -0.39 is 0 Å². The van der Waals surface area contributed by atoms with E-state index in [1.165, 1.54) is 0 Å². The molecule has 0 bridgehead atoms. The van der Waals surface area contributed by atoms with Crippen LogP contribution in [0.1, 0.15) is 20.7 Å². The van der Waals surface area contributed by atoms with Crippen molar-refractivity contribution < 1.29 is 4.79 Å². The second-order valence-electron chi connectivity index (χ2n) is 5.52. The highest BCUT2D eigenvalue weighted by molar-refractivity contribution is 9.12. The van der Waals surface area contributed by atoms with Gasteiger partial charge in [-0.15, -0.1) is 0 Å². The lowest BCUT2D eigenvalue weighted by atomic mass is 9.99. The molecule has 0 aromatic heterocycles. The summed E-state index contributed by atoms with van der Waals surface area (Å²) >= 11 is 7.18. The van der Waals surface area contributed by atoms with Gasteiger partial charge in [0.1, 0.15) is 0 Å². The highest BCUT2D eigenvalue weighted by Crippen LogP contribution is 2.33. The molecule has 0 N–H and O–H groups in total. The van der Waals surface area contributed by atoms with Crippen molar-refractivity contribution in [2.24, 2.45) is 0 Å². The van der Waals surface area contributed by atoms with Crippen LogP contribution in [-0.4, -0.2) is 10.6 Å². The Kier molecular flexibility index (Phi) is 5.64. The monoisotopic (exact) mass is 442 g/mol. The first-order chi connectivity index (χ1) is 11.7. The molecule has 0 aliphatic heterocycles. The average Bonchev–Trinajstić information content (AvgIpc) is 2.68. The summed E-state index contributed by atoms with van der Waals surface area (Å²) in [5.74, 6) is 0.0698. The summed E-state index contributed by atoms with van der Waals surface area (Å²) in [6.07, 6.45) is 0. The first-order valence-electron chi connectivity index (χ1n) is 7.69. The predicted octanol–water partition coefficient (Wildman–Crippen LogP) is 6.44. The summed E-state index contributed by atoms with van der Waals surface area (Å²) in [7, 11) is 0. The molecule has 0 saturated heterocycles. The molecule has 0 heterocycles. The number of ketones is 1. The van der Waals surface area contributed by atoms with E-state index in [2.05, 4.69) is 44.0 Å². The normalized spacial score (nSPS) is 13.2. The van der Waals surface area contributed by atoms with Crippen molar-refractivity contribution >= 4 is 37.6 Å². The molecule has 0 fully saturated rings. The molecular weight excluding hydrogens is 428 g/mol. The Labute approximate surface area is 159 Å². The van der Waals surface area contributed by atoms with Crippen LogP contribution in [0, 0.1) is 0 Å². The van der Waals surface area contributed by atoms with E-state index in [0.29, 0.717) is 5.56 Å². The molecule has 1 nitrogen and oxygen atoms in total. The number of carbonyl (C=O) groups excluding carboxylic acids is 1. The van der Waals surface area contributed by atoms with Gasteiger partial charge in [0.2, 0.25) is 0 Å². The maximum atomic E-state index is 12.7. The Morgan fingerprint density at radius 2 is 1.17 bits per heavy atom. The SMILES string of the molecule is O=C(c1ccc(-c2ccccc2)cc1)C(Br)C(Br)c1ccccc1. The molecule has 0 amide bonds. The van der Waals surface area contributed by atoms with Crippen molar-refractivity contribution in [1.29, 1.82) is 0 Å². The number of benzene rings is 3. The summed E-state index contributed by atoms with van der Waals surface area (Å²) in [5, 5.41) is 0. The first kappa shape index (κ1) is 17.1. The van der Waals surface area contributed by atoms with Gasteiger partial charge >= 0.3 is 0 Å². The van der Waals surface area contributed by atoms with Gasteiger partial charge in [-0.3, -0.25) is 4.79 Å². The Morgan fingerprint density at radius 3 is 1.75 bits per heavy atom. The number of halogens is 2. The lowest BCUT2D eigenvalue weighted by Gasteiger charge is -2.16. The van der Waals surface area contributed by atoms with Crippen LogP contribution in [0.2, 0.25) is 0 Å². The van der Waals surface area contributed by atoms with Crippen molar-refractivity contribution in [2.45, 2.75) is 9.65 Å². The van der Waals surface area contributed by atoms with E-state index in [0.717, 1.165) is 16.7 Å². The molecule has 120 valence electrons. The van der Waals surface area contributed by atoms with E-state index in [-0.39, 0.29) is 15.4 Å². The number of alkyl halides is 2. The molecule has 3 aromatic carbocycles. The van der Waals surface area contributed by atoms with Crippen LogP contribution in [0.3, 0.4) is 0 Å². The Morgan fingerprint density at radius 1 is 0.667 bits per heavy atom. The summed E-state index contributed by atoms with van der Waals surface area (Å²) < 4.78 is 0. The molecule has 3 aromatic rings. The molecule has 2 unspecified atom stereocenters. The van der Waals surface area contributed by atoms with Crippen LogP contribution in [-0.2, 0) is 0 Å². The van der Waals surface area contributed by atoms with Crippen LogP contribution >= 0.6 is 31.9 Å². The predicted molar refractivity (Wildman–Crippen MR) is 107 cm³/mol. The maximum Gasteiger partial charge on any atom is 0.177 e. The summed E-state index contributed by atoms with van der Waals surface area (Å²) in [4.78, 5) is 12.3. The smallest absolute Gasteiger partial charge is 0.177 e. The fraction of sp³-hybridized carbons (Fsp3) is 0.0952. The van der Waals surface area contributed by atoms with Gasteiger partial charge in [-0.25, -0.2) is 0 Å². The van der Waals surface area contributed by atoms with Gasteiger partial charge in [0.25, 0.3) is 0 Å². The minimum atomic E-state index is -0.317. The number of hydrogen-bond acceptors (Lipinski definition) is 1. The van der Waals surface area contributed by atoms with Crippen LogP contribution in [0.4, 0.5) is 0 Å². The van der Waals surface area contributed by atoms with Crippen molar-refractivity contribution in [1.82, 2.24) is 0 Å². The van der Waals surface area contributed by atoms with Gasteiger partial charge in [0.15, 0.2) is 5.78 Å². The van der Waals surface area contributed by atoms with Crippen molar-refractivity contribution in [3.63, 3.8) is 0 Å². The molecule has 3 rings (SSSR count). The number of Topliss-reactive ketones (excluding diaryl/α,β-unsaturated/α-hetero) is 1. The zero-order valence-electron chi connectivity index (χ0n) is 12.9. The fourth-order valence-electron chi connectivity index (χ4n) is 2.56. The molecule has 24 heavy (non-hydrogen) atoms. The van der Waals surface area contributed by atoms with Crippen LogP contribution < -0.4 is 0 Å². The van der Waals surface area contributed by atoms with Gasteiger partial charge < -0.3 is 0 Å². The average molecular weight is 444 g/mol. The van der Waals surface area contributed by atoms with E-state index in [1.54, 1.807) is 0 Å². The van der Waals surface area contributed by atoms with Crippen molar-refractivity contribution in [2.75, 3.05) is 0 Å². The molecule has 3 heteroatoms. The lowest BCUT2D eigenvalue weighted by Crippen LogP contribution is -2.19. The molecule has 0 radical (unpaired) electrons. The third kappa shape index (κ3) is 3.85. The number of rotatable bonds is 5. The third-order valence-electron chi connectivity index (χ3n) is 3.90. The van der Waals surface area contributed by atoms with Gasteiger partial charge in [-0.2, -0.15) is 0 Å². The summed E-state index contributed by atoms with van der Waals surface area (Å²) in [6, 6.07) is 27.9. The van der Waals surface area contributed by atoms with Gasteiger partial charge in [0, 0.05) is 5.56 Å². The largest absolute Gasteiger partial charge is 0.293 e. The molecule has 2 atom stereocenters. The minimum absolute atomic E-state index is 0.0694. The van der Waals surface area contributed by atoms with Gasteiger partial charge in [-0.05, 0) is 16.7 Å². The van der Waals surface area contributed by atoms with E-state index >= 15 is 0 Å². The van der Waals surface area contributed by atoms with Crippen LogP contribution in [0.5, 0.6) is 0 Å². The zero-order chi connectivity index (χ0) is 16.9. The topological polar surface area (TPSA) is 17.1 Å². The molecule has 0 aliphatic carbocycles. The van der Waals surface area contributed by atoms with Crippen LogP contribution in [0.15, 0.2) is 84.9 Å². The molecule has 0 spiro atoms. The van der Waals surface area contributed by atoms with E-state index in [9.17, 15) is 4.79 Å². The first-order valence-corrected chi connectivity index (χ1v) is 9.53. The quantitative estimate of drug-likeness (QED) is 0.327. The fourth-order valence-corrected chi connectivity index (χ4v) is 3.67. The Balaban J connectivity index is 1.77. The summed E-state index contributed by atoms with van der Waals surface area (Å²) in [5.41, 5.74) is 4.04. The molecule has 0 aliphatic rings. The second kappa shape index (κ2) is 7.91. The lowest BCUT2D eigenvalue weighted by molar-refractivity contribution is 0.0991. The highest BCUT2D eigenvalue weighted by Gasteiger charge is 2.25. The Bertz CT molecular complexity index is 798. The second-order valence-corrected chi connectivity index (χ2v) is 7.49. The third-order valence-corrected chi connectivity index (χ3v) is 6.61. The molecule has 0 saturated carbocycles. The van der Waals surface area contributed by atoms with Gasteiger partial charge in [0.05, 0.1) is 9.65 Å². The van der Waals surface area contributed by atoms with Crippen LogP contribution in [0.25, 0.3) is 11.1 Å². The van der Waals surface area contributed by atoms with Crippen molar-refractivity contribution in [3.05, 3.63) is 96.1 Å². The maximum absolute atomic E-state index is 12.7. The Hall–Kier alpha value is -1.71. The number of carbonyl (C=O) groups is 1. The van der Waals surface area contributed by atoms with E-state index in [1.807, 2.05) is 72.8 Å². The van der Waals surface area contributed by atoms with Gasteiger partial charge in [-0.1, -0.05) is 117 Å². The minimum Gasteiger partial charge on any atom is -0.293 e. The molecular formula is C21H16Br2O. The summed E-state index contributed by atoms with van der Waals surface area (Å²) in [6.45, 7) is 0. The van der Waals surface area contributed by atoms with E-state index in [4.69, 9.17) is 0 Å². The zero-order valence-corrected chi connectivity index (χ0v) is 16.1.